The highest BCUT2D eigenvalue weighted by Gasteiger charge is 1.85. The molecule has 1 rings (SSSR count). The fraction of sp³-hybridized carbons (Fsp3) is 0. The number of hydrogen-bond acceptors (Lipinski definition) is 3. The lowest BCUT2D eigenvalue weighted by molar-refractivity contribution is 1.14. The molecule has 1 nitrogen and oxygen atoms in total. The third-order valence-electron chi connectivity index (χ3n) is 0.845. The van der Waals surface area contributed by atoms with Crippen LogP contribution in [0.4, 0.5) is 0 Å². The minimum atomic E-state index is 0.838. The van der Waals surface area contributed by atoms with Crippen LogP contribution < -0.4 is 0 Å². The van der Waals surface area contributed by atoms with Crippen molar-refractivity contribution in [2.24, 2.45) is 0 Å². The van der Waals surface area contributed by atoms with Gasteiger partial charge in [0.05, 0.1) is 5.03 Å². The quantitative estimate of drug-likeness (QED) is 0.388. The van der Waals surface area contributed by atoms with Gasteiger partial charge in [-0.05, 0) is 22.9 Å². The first-order valence-corrected chi connectivity index (χ1v) is 4.61. The van der Waals surface area contributed by atoms with E-state index in [4.69, 9.17) is 12.2 Å². The third-order valence-corrected chi connectivity index (χ3v) is 2.12. The minimum Gasteiger partial charge on any atom is -0.356 e. The molecular weight excluding hydrogens is 170 g/mol. The van der Waals surface area contributed by atoms with Crippen LogP contribution in [0.1, 0.15) is 0 Å². The Balaban J connectivity index is 3.08. The Bertz CT molecular complexity index is 242. The van der Waals surface area contributed by atoms with Gasteiger partial charge in [0.15, 0.2) is 0 Å². The molecule has 0 aliphatic rings. The van der Waals surface area contributed by atoms with Gasteiger partial charge in [0.25, 0.3) is 0 Å². The van der Waals surface area contributed by atoms with Crippen molar-refractivity contribution < 1.29 is 0 Å². The van der Waals surface area contributed by atoms with Crippen LogP contribution in [0.5, 0.6) is 0 Å². The molecule has 48 valence electrons. The lowest BCUT2D eigenvalue weighted by Crippen LogP contribution is -1.72. The Hall–Kier alpha value is 0.0700. The van der Waals surface area contributed by atoms with E-state index >= 15 is 0 Å². The molecule has 0 unspecified atom stereocenters. The third kappa shape index (κ3) is 2.04. The summed E-state index contributed by atoms with van der Waals surface area (Å²) in [6, 6.07) is 3.70. The molecule has 0 fully saturated rings. The summed E-state index contributed by atoms with van der Waals surface area (Å²) in [5.74, 6) is 0. The molecule has 0 atom stereocenters. The van der Waals surface area contributed by atoms with Crippen molar-refractivity contribution in [1.29, 1.82) is 0 Å². The zero-order chi connectivity index (χ0) is 6.69. The molecule has 1 heterocycles. The van der Waals surface area contributed by atoms with Crippen molar-refractivity contribution >= 4 is 34.7 Å². The number of H-pyrrole nitrogens is 1. The van der Waals surface area contributed by atoms with Crippen LogP contribution in [0.3, 0.4) is 0 Å². The monoisotopic (exact) mass is 175 g/mol. The molecule has 0 radical (unpaired) electrons. The molecule has 0 saturated heterocycles. The first-order valence-electron chi connectivity index (χ1n) is 2.33. The van der Waals surface area contributed by atoms with Crippen molar-refractivity contribution in [3.8, 4) is 0 Å². The molecule has 0 saturated carbocycles. The van der Waals surface area contributed by atoms with Crippen LogP contribution >= 0.6 is 34.7 Å². The van der Waals surface area contributed by atoms with E-state index in [0.29, 0.717) is 0 Å². The van der Waals surface area contributed by atoms with Crippen LogP contribution in [0.25, 0.3) is 0 Å². The summed E-state index contributed by atoms with van der Waals surface area (Å²) in [4.78, 5) is 2.98. The van der Waals surface area contributed by atoms with Crippen molar-refractivity contribution in [3.63, 3.8) is 0 Å². The van der Waals surface area contributed by atoms with E-state index in [2.05, 4.69) is 16.6 Å². The highest BCUT2D eigenvalue weighted by molar-refractivity contribution is 8.68. The van der Waals surface area contributed by atoms with E-state index in [1.165, 1.54) is 10.8 Å². The van der Waals surface area contributed by atoms with Crippen molar-refractivity contribution in [2.45, 2.75) is 5.03 Å². The maximum atomic E-state index is 4.90. The number of pyridine rings is 1. The predicted molar refractivity (Wildman–Crippen MR) is 46.5 cm³/mol. The van der Waals surface area contributed by atoms with E-state index in [9.17, 15) is 0 Å². The number of rotatable bonds is 1. The van der Waals surface area contributed by atoms with Crippen LogP contribution in [-0.2, 0) is 0 Å². The molecular formula is C5H5NS3. The summed E-state index contributed by atoms with van der Waals surface area (Å²) >= 11 is 8.90. The van der Waals surface area contributed by atoms with Crippen molar-refractivity contribution in [3.05, 3.63) is 22.8 Å². The Morgan fingerprint density at radius 2 is 2.44 bits per heavy atom. The average Bonchev–Trinajstić information content (AvgIpc) is 1.88. The normalized spacial score (nSPS) is 9.44. The standard InChI is InChI=1S/C5H5NS3/c7-4-1-2-6-5(3-4)9-8/h1-3,8H,(H,6,7). The van der Waals surface area contributed by atoms with E-state index in [1.54, 1.807) is 6.20 Å². The van der Waals surface area contributed by atoms with Gasteiger partial charge in [-0.2, -0.15) is 0 Å². The number of hydrogen-bond donors (Lipinski definition) is 2. The molecule has 0 aromatic carbocycles. The number of thiol groups is 1. The lowest BCUT2D eigenvalue weighted by Gasteiger charge is -1.90. The smallest absolute Gasteiger partial charge is 0.0840 e. The summed E-state index contributed by atoms with van der Waals surface area (Å²) in [6.07, 6.45) is 1.81. The van der Waals surface area contributed by atoms with Crippen LogP contribution in [0.2, 0.25) is 0 Å². The highest BCUT2D eigenvalue weighted by Crippen LogP contribution is 2.17. The summed E-state index contributed by atoms with van der Waals surface area (Å²) < 4.78 is 0.838. The summed E-state index contributed by atoms with van der Waals surface area (Å²) in [5, 5.41) is 0.978. The van der Waals surface area contributed by atoms with Gasteiger partial charge in [0.1, 0.15) is 0 Å². The average molecular weight is 175 g/mol. The van der Waals surface area contributed by atoms with Gasteiger partial charge in [-0.25, -0.2) is 0 Å². The second-order valence-electron chi connectivity index (χ2n) is 1.48. The molecule has 0 bridgehead atoms. The van der Waals surface area contributed by atoms with Crippen molar-refractivity contribution in [2.75, 3.05) is 0 Å². The molecule has 0 aliphatic carbocycles. The molecule has 1 aromatic heterocycles. The molecule has 0 aliphatic heterocycles. The topological polar surface area (TPSA) is 15.8 Å². The van der Waals surface area contributed by atoms with E-state index in [-0.39, 0.29) is 0 Å². The SMILES string of the molecule is S=c1cc[nH]c(SS)c1. The molecule has 0 amide bonds. The van der Waals surface area contributed by atoms with E-state index in [1.807, 2.05) is 12.1 Å². The van der Waals surface area contributed by atoms with Gasteiger partial charge in [0.2, 0.25) is 0 Å². The Labute approximate surface area is 67.7 Å². The van der Waals surface area contributed by atoms with E-state index < -0.39 is 0 Å². The van der Waals surface area contributed by atoms with Crippen LogP contribution in [-0.4, -0.2) is 4.98 Å². The molecule has 4 heteroatoms. The lowest BCUT2D eigenvalue weighted by atomic mass is 10.5. The highest BCUT2D eigenvalue weighted by atomic mass is 33.1. The first kappa shape index (κ1) is 7.18. The number of aromatic amines is 1. The molecule has 9 heavy (non-hydrogen) atoms. The van der Waals surface area contributed by atoms with Gasteiger partial charge in [0, 0.05) is 10.7 Å². The van der Waals surface area contributed by atoms with Gasteiger partial charge in [-0.3, -0.25) is 0 Å². The molecule has 0 spiro atoms. The fourth-order valence-corrected chi connectivity index (χ4v) is 1.35. The molecule has 1 N–H and O–H groups in total. The van der Waals surface area contributed by atoms with Crippen molar-refractivity contribution in [1.82, 2.24) is 4.98 Å². The summed E-state index contributed by atoms with van der Waals surface area (Å²) in [5.41, 5.74) is 0. The zero-order valence-electron chi connectivity index (χ0n) is 4.50. The minimum absolute atomic E-state index is 0.838. The van der Waals surface area contributed by atoms with Gasteiger partial charge in [-0.15, -0.1) is 11.7 Å². The predicted octanol–water partition coefficient (Wildman–Crippen LogP) is 2.68. The van der Waals surface area contributed by atoms with Gasteiger partial charge >= 0.3 is 0 Å². The maximum absolute atomic E-state index is 4.90. The van der Waals surface area contributed by atoms with Gasteiger partial charge < -0.3 is 4.98 Å². The maximum Gasteiger partial charge on any atom is 0.0840 e. The number of aromatic nitrogens is 1. The van der Waals surface area contributed by atoms with Gasteiger partial charge in [-0.1, -0.05) is 12.2 Å². The zero-order valence-corrected chi connectivity index (χ0v) is 7.02. The summed E-state index contributed by atoms with van der Waals surface area (Å²) in [6.45, 7) is 0. The van der Waals surface area contributed by atoms with Crippen LogP contribution in [0, 0.1) is 4.51 Å². The molecule has 1 aromatic rings. The largest absolute Gasteiger partial charge is 0.356 e. The summed E-state index contributed by atoms with van der Waals surface area (Å²) in [7, 11) is 1.36. The second kappa shape index (κ2) is 3.29. The van der Waals surface area contributed by atoms with Crippen LogP contribution in [0.15, 0.2) is 23.4 Å². The number of nitrogens with one attached hydrogen (secondary N) is 1. The van der Waals surface area contributed by atoms with E-state index in [0.717, 1.165) is 9.54 Å². The Kier molecular flexibility index (Phi) is 2.63. The second-order valence-corrected chi connectivity index (χ2v) is 3.12. The fourth-order valence-electron chi connectivity index (χ4n) is 0.478. The Morgan fingerprint density at radius 3 is 2.89 bits per heavy atom. The first-order chi connectivity index (χ1) is 4.33. The Morgan fingerprint density at radius 1 is 1.67 bits per heavy atom.